The van der Waals surface area contributed by atoms with E-state index in [0.717, 1.165) is 21.3 Å². The van der Waals surface area contributed by atoms with Crippen molar-refractivity contribution in [2.75, 3.05) is 11.1 Å². The average Bonchev–Trinajstić information content (AvgIpc) is 2.98. The molecule has 3 nitrogen and oxygen atoms in total. The van der Waals surface area contributed by atoms with Gasteiger partial charge in [-0.3, -0.25) is 0 Å². The Morgan fingerprint density at radius 3 is 3.21 bits per heavy atom. The van der Waals surface area contributed by atoms with E-state index < -0.39 is 0 Å². The van der Waals surface area contributed by atoms with Crippen molar-refractivity contribution >= 4 is 50.7 Å². The molecule has 0 bridgehead atoms. The summed E-state index contributed by atoms with van der Waals surface area (Å²) in [6, 6.07) is 2.50. The summed E-state index contributed by atoms with van der Waals surface area (Å²) in [5, 5.41) is 6.71. The molecule has 2 heterocycles. The molecule has 1 N–H and O–H groups in total. The number of nitrogens with zero attached hydrogens (tertiary/aromatic N) is 2. The molecule has 2 atom stereocenters. The largest absolute Gasteiger partial charge is 0.366 e. The van der Waals surface area contributed by atoms with Gasteiger partial charge >= 0.3 is 0 Å². The number of hydrogen-bond acceptors (Lipinski definition) is 5. The highest BCUT2D eigenvalue weighted by Gasteiger charge is 2.25. The SMILES string of the molecule is CCSC1CCC(Nc2nc(Cl)nc3ccsc23)C1. The molecular formula is C13H16ClN3S2. The molecule has 1 saturated carbocycles. The van der Waals surface area contributed by atoms with E-state index in [-0.39, 0.29) is 0 Å². The van der Waals surface area contributed by atoms with E-state index in [2.05, 4.69) is 34.0 Å². The molecule has 0 radical (unpaired) electrons. The monoisotopic (exact) mass is 313 g/mol. The van der Waals surface area contributed by atoms with Crippen molar-refractivity contribution in [3.63, 3.8) is 0 Å². The minimum atomic E-state index is 0.325. The second-order valence-electron chi connectivity index (χ2n) is 4.71. The lowest BCUT2D eigenvalue weighted by molar-refractivity contribution is 0.753. The van der Waals surface area contributed by atoms with Gasteiger partial charge in [0.15, 0.2) is 0 Å². The van der Waals surface area contributed by atoms with Crippen LogP contribution in [0.3, 0.4) is 0 Å². The minimum absolute atomic E-state index is 0.325. The molecule has 0 spiro atoms. The molecule has 6 heteroatoms. The third-order valence-electron chi connectivity index (χ3n) is 3.40. The van der Waals surface area contributed by atoms with Crippen LogP contribution in [0.4, 0.5) is 5.82 Å². The predicted molar refractivity (Wildman–Crippen MR) is 85.6 cm³/mol. The number of halogens is 1. The molecule has 0 saturated heterocycles. The Bertz CT molecular complexity index is 572. The summed E-state index contributed by atoms with van der Waals surface area (Å²) in [7, 11) is 0. The lowest BCUT2D eigenvalue weighted by Crippen LogP contribution is -2.17. The van der Waals surface area contributed by atoms with Crippen molar-refractivity contribution in [2.45, 2.75) is 37.5 Å². The molecule has 0 amide bonds. The zero-order valence-electron chi connectivity index (χ0n) is 10.7. The maximum absolute atomic E-state index is 5.98. The maximum Gasteiger partial charge on any atom is 0.224 e. The van der Waals surface area contributed by atoms with Crippen LogP contribution in [0.25, 0.3) is 10.2 Å². The summed E-state index contributed by atoms with van der Waals surface area (Å²) in [5.74, 6) is 2.10. The summed E-state index contributed by atoms with van der Waals surface area (Å²) in [6.07, 6.45) is 3.72. The van der Waals surface area contributed by atoms with Gasteiger partial charge in [-0.1, -0.05) is 6.92 Å². The van der Waals surface area contributed by atoms with Crippen LogP contribution in [0.1, 0.15) is 26.2 Å². The second-order valence-corrected chi connectivity index (χ2v) is 7.54. The number of anilines is 1. The second kappa shape index (κ2) is 5.85. The van der Waals surface area contributed by atoms with Crippen LogP contribution in [0.5, 0.6) is 0 Å². The highest BCUT2D eigenvalue weighted by molar-refractivity contribution is 7.99. The number of aromatic nitrogens is 2. The van der Waals surface area contributed by atoms with Crippen molar-refractivity contribution < 1.29 is 0 Å². The summed E-state index contributed by atoms with van der Waals surface area (Å²) in [5.41, 5.74) is 0.935. The van der Waals surface area contributed by atoms with E-state index in [1.54, 1.807) is 11.3 Å². The van der Waals surface area contributed by atoms with E-state index in [1.165, 1.54) is 25.0 Å². The van der Waals surface area contributed by atoms with Gasteiger partial charge in [-0.15, -0.1) is 11.3 Å². The van der Waals surface area contributed by atoms with Crippen LogP contribution >= 0.6 is 34.7 Å². The van der Waals surface area contributed by atoms with Gasteiger partial charge in [0.1, 0.15) is 5.82 Å². The Balaban J connectivity index is 1.77. The van der Waals surface area contributed by atoms with Crippen molar-refractivity contribution in [1.82, 2.24) is 9.97 Å². The molecule has 3 rings (SSSR count). The first kappa shape index (κ1) is 13.5. The van der Waals surface area contributed by atoms with Crippen LogP contribution in [0.15, 0.2) is 11.4 Å². The molecule has 2 unspecified atom stereocenters. The Kier molecular flexibility index (Phi) is 4.15. The third-order valence-corrected chi connectivity index (χ3v) is 5.72. The lowest BCUT2D eigenvalue weighted by Gasteiger charge is -2.14. The summed E-state index contributed by atoms with van der Waals surface area (Å²) >= 11 is 9.71. The molecule has 19 heavy (non-hydrogen) atoms. The van der Waals surface area contributed by atoms with Gasteiger partial charge < -0.3 is 5.32 Å². The van der Waals surface area contributed by atoms with Crippen LogP contribution < -0.4 is 5.32 Å². The number of nitrogens with one attached hydrogen (secondary N) is 1. The number of hydrogen-bond donors (Lipinski definition) is 1. The van der Waals surface area contributed by atoms with Crippen molar-refractivity contribution in [2.24, 2.45) is 0 Å². The van der Waals surface area contributed by atoms with Gasteiger partial charge in [-0.2, -0.15) is 16.7 Å². The standard InChI is InChI=1S/C13H16ClN3S2/c1-2-18-9-4-3-8(7-9)15-12-11-10(5-6-19-11)16-13(14)17-12/h5-6,8-9H,2-4,7H2,1H3,(H,15,16,17). The van der Waals surface area contributed by atoms with Crippen LogP contribution in [0.2, 0.25) is 5.28 Å². The molecule has 2 aromatic heterocycles. The number of thioether (sulfide) groups is 1. The highest BCUT2D eigenvalue weighted by Crippen LogP contribution is 2.34. The van der Waals surface area contributed by atoms with Crippen LogP contribution in [-0.2, 0) is 0 Å². The average molecular weight is 314 g/mol. The zero-order valence-corrected chi connectivity index (χ0v) is 13.1. The van der Waals surface area contributed by atoms with E-state index in [1.807, 2.05) is 11.4 Å². The zero-order chi connectivity index (χ0) is 13.2. The predicted octanol–water partition coefficient (Wildman–Crippen LogP) is 4.43. The van der Waals surface area contributed by atoms with Crippen molar-refractivity contribution in [1.29, 1.82) is 0 Å². The molecule has 0 aromatic carbocycles. The Labute approximate surface area is 126 Å². The minimum Gasteiger partial charge on any atom is -0.366 e. The first-order valence-electron chi connectivity index (χ1n) is 6.55. The first-order chi connectivity index (χ1) is 9.26. The Morgan fingerprint density at radius 2 is 2.37 bits per heavy atom. The Morgan fingerprint density at radius 1 is 1.47 bits per heavy atom. The van der Waals surface area contributed by atoms with E-state index >= 15 is 0 Å². The third kappa shape index (κ3) is 2.98. The molecule has 2 aromatic rings. The summed E-state index contributed by atoms with van der Waals surface area (Å²) < 4.78 is 1.11. The summed E-state index contributed by atoms with van der Waals surface area (Å²) in [4.78, 5) is 8.59. The van der Waals surface area contributed by atoms with E-state index in [9.17, 15) is 0 Å². The van der Waals surface area contributed by atoms with Gasteiger partial charge in [0, 0.05) is 11.3 Å². The molecular weight excluding hydrogens is 298 g/mol. The normalized spacial score (nSPS) is 23.1. The molecule has 1 fully saturated rings. The van der Waals surface area contributed by atoms with E-state index in [4.69, 9.17) is 11.6 Å². The fourth-order valence-corrected chi connectivity index (χ4v) is 4.69. The first-order valence-corrected chi connectivity index (χ1v) is 8.85. The molecule has 102 valence electrons. The van der Waals surface area contributed by atoms with Crippen molar-refractivity contribution in [3.05, 3.63) is 16.7 Å². The van der Waals surface area contributed by atoms with Gasteiger partial charge in [0.25, 0.3) is 0 Å². The number of fused-ring (bicyclic) bond motifs is 1. The topological polar surface area (TPSA) is 37.8 Å². The van der Waals surface area contributed by atoms with Crippen LogP contribution in [-0.4, -0.2) is 27.0 Å². The fourth-order valence-electron chi connectivity index (χ4n) is 2.58. The maximum atomic E-state index is 5.98. The molecule has 0 aliphatic heterocycles. The van der Waals surface area contributed by atoms with Gasteiger partial charge in [-0.05, 0) is 48.1 Å². The van der Waals surface area contributed by atoms with Gasteiger partial charge in [0.2, 0.25) is 5.28 Å². The highest BCUT2D eigenvalue weighted by atomic mass is 35.5. The number of thiophene rings is 1. The fraction of sp³-hybridized carbons (Fsp3) is 0.538. The quantitative estimate of drug-likeness (QED) is 0.847. The number of rotatable bonds is 4. The smallest absolute Gasteiger partial charge is 0.224 e. The van der Waals surface area contributed by atoms with Crippen LogP contribution in [0, 0.1) is 0 Å². The van der Waals surface area contributed by atoms with E-state index in [0.29, 0.717) is 11.3 Å². The van der Waals surface area contributed by atoms with Gasteiger partial charge in [-0.25, -0.2) is 4.98 Å². The van der Waals surface area contributed by atoms with Gasteiger partial charge in [0.05, 0.1) is 10.2 Å². The van der Waals surface area contributed by atoms with Crippen molar-refractivity contribution in [3.8, 4) is 0 Å². The molecule has 1 aliphatic carbocycles. The molecule has 1 aliphatic rings. The lowest BCUT2D eigenvalue weighted by atomic mass is 10.2. The Hall–Kier alpha value is -0.520. The summed E-state index contributed by atoms with van der Waals surface area (Å²) in [6.45, 7) is 2.23.